The smallest absolute Gasteiger partial charge is 0.234 e. The normalized spacial score (nSPS) is 27.8. The number of piperidine rings is 1. The molecule has 3 nitrogen and oxygen atoms in total. The van der Waals surface area contributed by atoms with E-state index in [1.807, 2.05) is 25.1 Å². The Hall–Kier alpha value is -1.64. The lowest BCUT2D eigenvalue weighted by Crippen LogP contribution is -2.47. The summed E-state index contributed by atoms with van der Waals surface area (Å²) in [6, 6.07) is 8.12. The lowest BCUT2D eigenvalue weighted by atomic mass is 9.66. The van der Waals surface area contributed by atoms with Crippen molar-refractivity contribution in [1.82, 2.24) is 5.32 Å². The molecule has 1 heterocycles. The van der Waals surface area contributed by atoms with Crippen molar-refractivity contribution in [2.45, 2.75) is 38.5 Å². The zero-order valence-corrected chi connectivity index (χ0v) is 11.2. The monoisotopic (exact) mass is 257 g/mol. The average Bonchev–Trinajstić information content (AvgIpc) is 2.25. The van der Waals surface area contributed by atoms with Gasteiger partial charge in [-0.3, -0.25) is 14.9 Å². The van der Waals surface area contributed by atoms with Gasteiger partial charge in [0.05, 0.1) is 5.92 Å². The van der Waals surface area contributed by atoms with E-state index >= 15 is 0 Å². The second-order valence-electron chi connectivity index (χ2n) is 5.86. The number of hydrogen-bond donors (Lipinski definition) is 1. The minimum Gasteiger partial charge on any atom is -0.296 e. The molecule has 2 unspecified atom stereocenters. The van der Waals surface area contributed by atoms with Crippen molar-refractivity contribution in [3.8, 4) is 0 Å². The van der Waals surface area contributed by atoms with Crippen LogP contribution < -0.4 is 5.32 Å². The van der Waals surface area contributed by atoms with Crippen LogP contribution >= 0.6 is 0 Å². The van der Waals surface area contributed by atoms with Crippen molar-refractivity contribution >= 4 is 11.8 Å². The lowest BCUT2D eigenvalue weighted by Gasteiger charge is -2.40. The Kier molecular flexibility index (Phi) is 3.13. The van der Waals surface area contributed by atoms with Gasteiger partial charge in [0.25, 0.3) is 0 Å². The highest BCUT2D eigenvalue weighted by Gasteiger charge is 2.42. The molecule has 2 aliphatic rings. The first kappa shape index (κ1) is 12.4. The van der Waals surface area contributed by atoms with Crippen LogP contribution in [0.3, 0.4) is 0 Å². The molecular weight excluding hydrogens is 238 g/mol. The fourth-order valence-corrected chi connectivity index (χ4v) is 3.36. The molecule has 1 saturated heterocycles. The predicted octanol–water partition coefficient (Wildman–Crippen LogP) is 2.54. The molecule has 1 aliphatic carbocycles. The second kappa shape index (κ2) is 4.80. The highest BCUT2D eigenvalue weighted by atomic mass is 16.2. The second-order valence-corrected chi connectivity index (χ2v) is 5.86. The molecule has 3 heteroatoms. The van der Waals surface area contributed by atoms with E-state index in [9.17, 15) is 9.59 Å². The van der Waals surface area contributed by atoms with Crippen molar-refractivity contribution in [3.05, 3.63) is 35.4 Å². The number of carbonyl (C=O) groups is 2. The molecule has 1 aromatic rings. The van der Waals surface area contributed by atoms with Gasteiger partial charge in [-0.15, -0.1) is 0 Å². The zero-order chi connectivity index (χ0) is 13.4. The number of rotatable bonds is 2. The maximum absolute atomic E-state index is 12.2. The van der Waals surface area contributed by atoms with Gasteiger partial charge in [0, 0.05) is 6.42 Å². The standard InChI is InChI=1S/C16H19NO2/c1-10-4-2-7-12(8-10)15-13(11-5-3-6-11)9-14(18)17-16(15)19/h2,4,7-8,11,13,15H,3,5-6,9H2,1H3,(H,17,18,19). The summed E-state index contributed by atoms with van der Waals surface area (Å²) in [4.78, 5) is 23.9. The Morgan fingerprint density at radius 3 is 2.63 bits per heavy atom. The molecule has 0 bridgehead atoms. The van der Waals surface area contributed by atoms with Crippen LogP contribution in [-0.4, -0.2) is 11.8 Å². The molecule has 100 valence electrons. The lowest BCUT2D eigenvalue weighted by molar-refractivity contribution is -0.138. The Morgan fingerprint density at radius 1 is 1.21 bits per heavy atom. The number of benzene rings is 1. The van der Waals surface area contributed by atoms with Gasteiger partial charge in [0.1, 0.15) is 0 Å². The van der Waals surface area contributed by atoms with E-state index in [-0.39, 0.29) is 23.7 Å². The Labute approximate surface area is 113 Å². The van der Waals surface area contributed by atoms with Gasteiger partial charge in [-0.1, -0.05) is 49.1 Å². The van der Waals surface area contributed by atoms with Gasteiger partial charge in [0.2, 0.25) is 11.8 Å². The molecule has 1 saturated carbocycles. The van der Waals surface area contributed by atoms with Gasteiger partial charge >= 0.3 is 0 Å². The van der Waals surface area contributed by atoms with Crippen LogP contribution in [0.2, 0.25) is 0 Å². The third kappa shape index (κ3) is 2.29. The molecule has 1 aliphatic heterocycles. The summed E-state index contributed by atoms with van der Waals surface area (Å²) >= 11 is 0. The van der Waals surface area contributed by atoms with E-state index in [1.54, 1.807) is 0 Å². The van der Waals surface area contributed by atoms with Crippen molar-refractivity contribution in [1.29, 1.82) is 0 Å². The number of aryl methyl sites for hydroxylation is 1. The number of carbonyl (C=O) groups excluding carboxylic acids is 2. The Balaban J connectivity index is 1.94. The van der Waals surface area contributed by atoms with E-state index < -0.39 is 0 Å². The van der Waals surface area contributed by atoms with Crippen LogP contribution in [0.1, 0.15) is 42.7 Å². The fraction of sp³-hybridized carbons (Fsp3) is 0.500. The summed E-state index contributed by atoms with van der Waals surface area (Å²) in [6.07, 6.45) is 4.05. The Bertz CT molecular complexity index is 519. The average molecular weight is 257 g/mol. The number of nitrogens with one attached hydrogen (secondary N) is 1. The summed E-state index contributed by atoms with van der Waals surface area (Å²) in [5, 5.41) is 2.50. The third-order valence-corrected chi connectivity index (χ3v) is 4.55. The van der Waals surface area contributed by atoms with Crippen LogP contribution in [0.5, 0.6) is 0 Å². The minimum absolute atomic E-state index is 0.106. The quantitative estimate of drug-likeness (QED) is 0.828. The molecule has 3 rings (SSSR count). The summed E-state index contributed by atoms with van der Waals surface area (Å²) in [5.74, 6) is 0.366. The van der Waals surface area contributed by atoms with Gasteiger partial charge in [-0.05, 0) is 24.3 Å². The van der Waals surface area contributed by atoms with Gasteiger partial charge in [0.15, 0.2) is 0 Å². The first-order valence-corrected chi connectivity index (χ1v) is 7.05. The van der Waals surface area contributed by atoms with Crippen molar-refractivity contribution in [2.24, 2.45) is 11.8 Å². The topological polar surface area (TPSA) is 46.2 Å². The number of imide groups is 1. The van der Waals surface area contributed by atoms with E-state index in [1.165, 1.54) is 6.42 Å². The van der Waals surface area contributed by atoms with Crippen molar-refractivity contribution in [3.63, 3.8) is 0 Å². The molecule has 0 spiro atoms. The van der Waals surface area contributed by atoms with Gasteiger partial charge in [-0.25, -0.2) is 0 Å². The molecular formula is C16H19NO2. The van der Waals surface area contributed by atoms with E-state index in [0.29, 0.717) is 12.3 Å². The number of hydrogen-bond acceptors (Lipinski definition) is 2. The molecule has 0 radical (unpaired) electrons. The van der Waals surface area contributed by atoms with Crippen LogP contribution in [0.15, 0.2) is 24.3 Å². The van der Waals surface area contributed by atoms with Crippen LogP contribution in [0.4, 0.5) is 0 Å². The van der Waals surface area contributed by atoms with Crippen molar-refractivity contribution < 1.29 is 9.59 Å². The highest BCUT2D eigenvalue weighted by Crippen LogP contribution is 2.44. The molecule has 2 fully saturated rings. The third-order valence-electron chi connectivity index (χ3n) is 4.55. The van der Waals surface area contributed by atoms with E-state index in [4.69, 9.17) is 0 Å². The number of amides is 2. The summed E-state index contributed by atoms with van der Waals surface area (Å²) < 4.78 is 0. The van der Waals surface area contributed by atoms with Crippen LogP contribution in [0.25, 0.3) is 0 Å². The molecule has 1 N–H and O–H groups in total. The first-order chi connectivity index (χ1) is 9.15. The summed E-state index contributed by atoms with van der Waals surface area (Å²) in [5.41, 5.74) is 2.22. The minimum atomic E-state index is -0.150. The van der Waals surface area contributed by atoms with Crippen LogP contribution in [0, 0.1) is 18.8 Å². The van der Waals surface area contributed by atoms with Crippen molar-refractivity contribution in [2.75, 3.05) is 0 Å². The van der Waals surface area contributed by atoms with Crippen LogP contribution in [-0.2, 0) is 9.59 Å². The molecule has 19 heavy (non-hydrogen) atoms. The summed E-state index contributed by atoms with van der Waals surface area (Å²) in [7, 11) is 0. The SMILES string of the molecule is Cc1cccc(C2C(=O)NC(=O)CC2C2CCC2)c1. The van der Waals surface area contributed by atoms with E-state index in [0.717, 1.165) is 24.0 Å². The predicted molar refractivity (Wildman–Crippen MR) is 72.5 cm³/mol. The molecule has 2 amide bonds. The molecule has 0 aromatic heterocycles. The largest absolute Gasteiger partial charge is 0.296 e. The van der Waals surface area contributed by atoms with Gasteiger partial charge < -0.3 is 0 Å². The highest BCUT2D eigenvalue weighted by molar-refractivity contribution is 6.01. The summed E-state index contributed by atoms with van der Waals surface area (Å²) in [6.45, 7) is 2.04. The molecule has 1 aromatic carbocycles. The fourth-order valence-electron chi connectivity index (χ4n) is 3.36. The zero-order valence-electron chi connectivity index (χ0n) is 11.2. The first-order valence-electron chi connectivity index (χ1n) is 7.05. The maximum Gasteiger partial charge on any atom is 0.234 e. The molecule has 2 atom stereocenters. The maximum atomic E-state index is 12.2. The van der Waals surface area contributed by atoms with Gasteiger partial charge in [-0.2, -0.15) is 0 Å². The van der Waals surface area contributed by atoms with E-state index in [2.05, 4.69) is 11.4 Å². The Morgan fingerprint density at radius 2 is 2.00 bits per heavy atom.